The fourth-order valence-electron chi connectivity index (χ4n) is 3.23. The molecule has 2 aliphatic carbocycles. The SMILES string of the molecule is C=C(C)C1=C(C)C2=CCC(C)C=C=C2CC(C)=C(C=CC)C1. The molecule has 1 unspecified atom stereocenters. The Hall–Kier alpha value is -1.78. The third-order valence-electron chi connectivity index (χ3n) is 4.66. The number of allylic oxidation sites excluding steroid dienone is 10. The second kappa shape index (κ2) is 6.99. The molecule has 0 spiro atoms. The fourth-order valence-corrected chi connectivity index (χ4v) is 3.23. The van der Waals surface area contributed by atoms with Crippen LogP contribution in [0.4, 0.5) is 0 Å². The Morgan fingerprint density at radius 1 is 1.32 bits per heavy atom. The fraction of sp³-hybridized carbons (Fsp3) is 0.409. The maximum atomic E-state index is 4.23. The summed E-state index contributed by atoms with van der Waals surface area (Å²) in [4.78, 5) is 0. The van der Waals surface area contributed by atoms with Crippen molar-refractivity contribution in [2.75, 3.05) is 0 Å². The summed E-state index contributed by atoms with van der Waals surface area (Å²) in [5.41, 5.74) is 13.1. The van der Waals surface area contributed by atoms with Gasteiger partial charge in [-0.1, -0.05) is 42.9 Å². The average molecular weight is 292 g/mol. The van der Waals surface area contributed by atoms with Crippen LogP contribution in [-0.4, -0.2) is 0 Å². The van der Waals surface area contributed by atoms with Gasteiger partial charge in [-0.15, -0.1) is 5.73 Å². The molecule has 0 amide bonds. The lowest BCUT2D eigenvalue weighted by atomic mass is 9.82. The minimum absolute atomic E-state index is 0.564. The Bertz CT molecular complexity index is 665. The van der Waals surface area contributed by atoms with Crippen LogP contribution in [0.25, 0.3) is 0 Å². The molecule has 0 bridgehead atoms. The first-order chi connectivity index (χ1) is 10.4. The van der Waals surface area contributed by atoms with Gasteiger partial charge in [-0.3, -0.25) is 0 Å². The van der Waals surface area contributed by atoms with E-state index < -0.39 is 0 Å². The van der Waals surface area contributed by atoms with Gasteiger partial charge in [0.05, 0.1) is 0 Å². The van der Waals surface area contributed by atoms with Crippen LogP contribution in [0.2, 0.25) is 0 Å². The summed E-state index contributed by atoms with van der Waals surface area (Å²) in [6, 6.07) is 0. The molecule has 1 atom stereocenters. The van der Waals surface area contributed by atoms with Gasteiger partial charge in [-0.25, -0.2) is 0 Å². The van der Waals surface area contributed by atoms with Crippen LogP contribution in [0.15, 0.2) is 75.6 Å². The van der Waals surface area contributed by atoms with Crippen LogP contribution in [0.1, 0.15) is 53.9 Å². The summed E-state index contributed by atoms with van der Waals surface area (Å²) < 4.78 is 0. The van der Waals surface area contributed by atoms with Crippen molar-refractivity contribution in [3.8, 4) is 0 Å². The van der Waals surface area contributed by atoms with Gasteiger partial charge in [-0.05, 0) is 74.8 Å². The maximum absolute atomic E-state index is 4.23. The van der Waals surface area contributed by atoms with Gasteiger partial charge in [0.15, 0.2) is 0 Å². The van der Waals surface area contributed by atoms with E-state index in [2.05, 4.69) is 71.2 Å². The van der Waals surface area contributed by atoms with E-state index >= 15 is 0 Å². The van der Waals surface area contributed by atoms with Crippen molar-refractivity contribution in [3.05, 3.63) is 75.6 Å². The standard InChI is InChI=1S/C22H28/c1-7-8-19-14-22(15(2)3)18(6)21-12-10-16(4)9-11-20(21)13-17(19)5/h7-9,12,16H,2,10,13-14H2,1,3-6H3. The molecule has 0 saturated heterocycles. The van der Waals surface area contributed by atoms with Crippen LogP contribution in [-0.2, 0) is 0 Å². The van der Waals surface area contributed by atoms with Crippen LogP contribution in [0.3, 0.4) is 0 Å². The van der Waals surface area contributed by atoms with Crippen molar-refractivity contribution < 1.29 is 0 Å². The molecule has 2 aliphatic rings. The van der Waals surface area contributed by atoms with Gasteiger partial charge in [0, 0.05) is 12.0 Å². The molecule has 2 rings (SSSR count). The third-order valence-corrected chi connectivity index (χ3v) is 4.66. The number of hydrogen-bond donors (Lipinski definition) is 0. The molecule has 0 aliphatic heterocycles. The van der Waals surface area contributed by atoms with Crippen LogP contribution >= 0.6 is 0 Å². The van der Waals surface area contributed by atoms with E-state index in [-0.39, 0.29) is 0 Å². The molecule has 0 saturated carbocycles. The van der Waals surface area contributed by atoms with Crippen molar-refractivity contribution in [1.82, 2.24) is 0 Å². The Labute approximate surface area is 136 Å². The Morgan fingerprint density at radius 2 is 2.05 bits per heavy atom. The van der Waals surface area contributed by atoms with Crippen molar-refractivity contribution in [2.45, 2.75) is 53.9 Å². The monoisotopic (exact) mass is 292 g/mol. The van der Waals surface area contributed by atoms with E-state index in [1.807, 2.05) is 0 Å². The summed E-state index contributed by atoms with van der Waals surface area (Å²) in [6.07, 6.45) is 12.1. The van der Waals surface area contributed by atoms with Crippen molar-refractivity contribution in [2.24, 2.45) is 5.92 Å². The van der Waals surface area contributed by atoms with Crippen LogP contribution in [0.5, 0.6) is 0 Å². The van der Waals surface area contributed by atoms with E-state index in [0.29, 0.717) is 5.92 Å². The first-order valence-corrected chi connectivity index (χ1v) is 8.27. The molecular formula is C22H28. The minimum atomic E-state index is 0.564. The van der Waals surface area contributed by atoms with Gasteiger partial charge in [0.1, 0.15) is 0 Å². The molecular weight excluding hydrogens is 264 g/mol. The highest BCUT2D eigenvalue weighted by atomic mass is 14.2. The predicted molar refractivity (Wildman–Crippen MR) is 97.7 cm³/mol. The molecule has 0 nitrogen and oxygen atoms in total. The normalized spacial score (nSPS) is 22.9. The smallest absolute Gasteiger partial charge is 0.00489 e. The van der Waals surface area contributed by atoms with E-state index in [1.165, 1.54) is 39.0 Å². The first kappa shape index (κ1) is 16.6. The predicted octanol–water partition coefficient (Wildman–Crippen LogP) is 6.61. The Morgan fingerprint density at radius 3 is 2.68 bits per heavy atom. The molecule has 22 heavy (non-hydrogen) atoms. The molecule has 0 radical (unpaired) electrons. The van der Waals surface area contributed by atoms with Gasteiger partial charge in [0.2, 0.25) is 0 Å². The van der Waals surface area contributed by atoms with Gasteiger partial charge in [0.25, 0.3) is 0 Å². The van der Waals surface area contributed by atoms with Crippen LogP contribution < -0.4 is 0 Å². The summed E-state index contributed by atoms with van der Waals surface area (Å²) in [5.74, 6) is 0.564. The molecule has 116 valence electrons. The molecule has 0 aromatic carbocycles. The molecule has 0 fully saturated rings. The van der Waals surface area contributed by atoms with Crippen LogP contribution in [0, 0.1) is 5.92 Å². The quantitative estimate of drug-likeness (QED) is 0.502. The lowest BCUT2D eigenvalue weighted by molar-refractivity contribution is 0.746. The summed E-state index contributed by atoms with van der Waals surface area (Å²) in [7, 11) is 0. The van der Waals surface area contributed by atoms with Gasteiger partial charge < -0.3 is 0 Å². The van der Waals surface area contributed by atoms with Gasteiger partial charge in [-0.2, -0.15) is 0 Å². The molecule has 0 N–H and O–H groups in total. The summed E-state index contributed by atoms with van der Waals surface area (Å²) in [5, 5.41) is 0. The van der Waals surface area contributed by atoms with Crippen molar-refractivity contribution in [1.29, 1.82) is 0 Å². The lowest BCUT2D eigenvalue weighted by Crippen LogP contribution is -2.04. The van der Waals surface area contributed by atoms with Gasteiger partial charge >= 0.3 is 0 Å². The number of rotatable bonds is 2. The highest BCUT2D eigenvalue weighted by Crippen LogP contribution is 2.37. The molecule has 0 aromatic rings. The van der Waals surface area contributed by atoms with E-state index in [1.54, 1.807) is 0 Å². The van der Waals surface area contributed by atoms with E-state index in [0.717, 1.165) is 19.3 Å². The summed E-state index contributed by atoms with van der Waals surface area (Å²) in [6.45, 7) is 15.2. The van der Waals surface area contributed by atoms with Crippen molar-refractivity contribution in [3.63, 3.8) is 0 Å². The third kappa shape index (κ3) is 3.51. The highest BCUT2D eigenvalue weighted by molar-refractivity contribution is 5.56. The highest BCUT2D eigenvalue weighted by Gasteiger charge is 2.19. The average Bonchev–Trinajstić information content (AvgIpc) is 2.63. The Balaban J connectivity index is 2.68. The topological polar surface area (TPSA) is 0 Å². The summed E-state index contributed by atoms with van der Waals surface area (Å²) >= 11 is 0. The second-order valence-corrected chi connectivity index (χ2v) is 6.66. The number of fused-ring (bicyclic) bond motifs is 1. The number of hydrogen-bond acceptors (Lipinski definition) is 0. The molecule has 0 heteroatoms. The Kier molecular flexibility index (Phi) is 5.27. The zero-order chi connectivity index (χ0) is 16.3. The second-order valence-electron chi connectivity index (χ2n) is 6.66. The van der Waals surface area contributed by atoms with E-state index in [4.69, 9.17) is 0 Å². The maximum Gasteiger partial charge on any atom is 0.00489 e. The zero-order valence-electron chi connectivity index (χ0n) is 14.7. The largest absolute Gasteiger partial charge is 0.120 e. The lowest BCUT2D eigenvalue weighted by Gasteiger charge is -2.22. The minimum Gasteiger partial charge on any atom is -0.120 e. The first-order valence-electron chi connectivity index (χ1n) is 8.27. The molecule has 0 heterocycles. The molecule has 0 aromatic heterocycles. The van der Waals surface area contributed by atoms with Crippen molar-refractivity contribution >= 4 is 0 Å². The zero-order valence-corrected chi connectivity index (χ0v) is 14.7. The van der Waals surface area contributed by atoms with E-state index in [9.17, 15) is 0 Å².